The number of methoxy groups -OCH3 is 3. The van der Waals surface area contributed by atoms with Gasteiger partial charge in [0.15, 0.2) is 11.5 Å². The van der Waals surface area contributed by atoms with E-state index in [0.29, 0.717) is 27.8 Å². The Labute approximate surface area is 151 Å². The average Bonchev–Trinajstić information content (AvgIpc) is 2.67. The fraction of sp³-hybridized carbons (Fsp3) is 0.190. The van der Waals surface area contributed by atoms with Gasteiger partial charge >= 0.3 is 5.97 Å². The van der Waals surface area contributed by atoms with E-state index >= 15 is 0 Å². The van der Waals surface area contributed by atoms with Gasteiger partial charge in [0, 0.05) is 10.9 Å². The maximum absolute atomic E-state index is 12.4. The first-order valence-corrected chi connectivity index (χ1v) is 8.07. The summed E-state index contributed by atoms with van der Waals surface area (Å²) in [6.07, 6.45) is 0. The average molecular weight is 352 g/mol. The molecule has 5 heteroatoms. The van der Waals surface area contributed by atoms with Crippen LogP contribution in [0.2, 0.25) is 0 Å². The van der Waals surface area contributed by atoms with Gasteiger partial charge in [-0.2, -0.15) is 0 Å². The number of carbonyl (C=O) groups is 1. The molecule has 26 heavy (non-hydrogen) atoms. The highest BCUT2D eigenvalue weighted by Gasteiger charge is 2.21. The number of esters is 1. The highest BCUT2D eigenvalue weighted by atomic mass is 16.5. The predicted octanol–water partition coefficient (Wildman–Crippen LogP) is 4.32. The van der Waals surface area contributed by atoms with Gasteiger partial charge in [-0.1, -0.05) is 29.8 Å². The molecule has 0 aliphatic rings. The van der Waals surface area contributed by atoms with Crippen LogP contribution in [0.3, 0.4) is 0 Å². The van der Waals surface area contributed by atoms with Crippen LogP contribution in [-0.4, -0.2) is 32.4 Å². The molecule has 0 spiro atoms. The lowest BCUT2D eigenvalue weighted by Gasteiger charge is -2.16. The number of rotatable bonds is 4. The van der Waals surface area contributed by atoms with E-state index in [0.717, 1.165) is 11.1 Å². The summed E-state index contributed by atoms with van der Waals surface area (Å²) in [6, 6.07) is 12.7. The third-order valence-corrected chi connectivity index (χ3v) is 4.36. The molecule has 0 amide bonds. The maximum atomic E-state index is 12.4. The summed E-state index contributed by atoms with van der Waals surface area (Å²) in [6.45, 7) is 1.99. The Morgan fingerprint density at radius 3 is 2.00 bits per heavy atom. The number of aryl methyl sites for hydroxylation is 1. The quantitative estimate of drug-likeness (QED) is 0.708. The van der Waals surface area contributed by atoms with Crippen molar-refractivity contribution in [3.8, 4) is 28.4 Å². The summed E-state index contributed by atoms with van der Waals surface area (Å²) in [5, 5.41) is 11.7. The number of carbonyl (C=O) groups excluding carboxylic acids is 1. The Hall–Kier alpha value is -3.21. The fourth-order valence-corrected chi connectivity index (χ4v) is 3.03. The summed E-state index contributed by atoms with van der Waals surface area (Å²) >= 11 is 0. The van der Waals surface area contributed by atoms with Gasteiger partial charge in [-0.25, -0.2) is 4.79 Å². The van der Waals surface area contributed by atoms with Gasteiger partial charge in [-0.15, -0.1) is 0 Å². The lowest BCUT2D eigenvalue weighted by molar-refractivity contribution is 0.0601. The summed E-state index contributed by atoms with van der Waals surface area (Å²) in [7, 11) is 4.39. The maximum Gasteiger partial charge on any atom is 0.338 e. The second-order valence-corrected chi connectivity index (χ2v) is 5.93. The molecular formula is C21H20O5. The van der Waals surface area contributed by atoms with Crippen LogP contribution in [0.15, 0.2) is 42.5 Å². The number of hydrogen-bond acceptors (Lipinski definition) is 5. The summed E-state index contributed by atoms with van der Waals surface area (Å²) in [5.74, 6) is 0.454. The first kappa shape index (κ1) is 17.6. The number of fused-ring (bicyclic) bond motifs is 1. The Bertz CT molecular complexity index is 974. The summed E-state index contributed by atoms with van der Waals surface area (Å²) < 4.78 is 15.7. The second-order valence-electron chi connectivity index (χ2n) is 5.93. The van der Waals surface area contributed by atoms with E-state index in [1.165, 1.54) is 20.3 Å². The molecular weight excluding hydrogens is 332 g/mol. The fourth-order valence-electron chi connectivity index (χ4n) is 3.03. The van der Waals surface area contributed by atoms with Crippen molar-refractivity contribution in [3.05, 3.63) is 53.6 Å². The molecule has 1 N–H and O–H groups in total. The van der Waals surface area contributed by atoms with Crippen molar-refractivity contribution in [3.63, 3.8) is 0 Å². The zero-order chi connectivity index (χ0) is 18.8. The second kappa shape index (κ2) is 6.96. The van der Waals surface area contributed by atoms with Gasteiger partial charge in [0.2, 0.25) is 0 Å². The molecule has 0 atom stereocenters. The minimum atomic E-state index is -0.521. The zero-order valence-electron chi connectivity index (χ0n) is 15.1. The molecule has 3 aromatic carbocycles. The number of phenols is 1. The van der Waals surface area contributed by atoms with Gasteiger partial charge in [0.1, 0.15) is 5.75 Å². The van der Waals surface area contributed by atoms with Crippen molar-refractivity contribution < 1.29 is 24.1 Å². The van der Waals surface area contributed by atoms with Crippen LogP contribution in [0, 0.1) is 6.92 Å². The van der Waals surface area contributed by atoms with Crippen molar-refractivity contribution >= 4 is 16.7 Å². The molecule has 0 fully saturated rings. The molecule has 134 valence electrons. The van der Waals surface area contributed by atoms with Crippen molar-refractivity contribution in [1.82, 2.24) is 0 Å². The number of ether oxygens (including phenoxy) is 3. The third-order valence-electron chi connectivity index (χ3n) is 4.36. The van der Waals surface area contributed by atoms with Gasteiger partial charge in [-0.3, -0.25) is 0 Å². The normalized spacial score (nSPS) is 10.6. The molecule has 0 bridgehead atoms. The van der Waals surface area contributed by atoms with E-state index < -0.39 is 5.97 Å². The summed E-state index contributed by atoms with van der Waals surface area (Å²) in [4.78, 5) is 12.4. The van der Waals surface area contributed by atoms with Gasteiger partial charge in [-0.05, 0) is 36.1 Å². The Morgan fingerprint density at radius 2 is 1.46 bits per heavy atom. The van der Waals surface area contributed by atoms with Crippen LogP contribution >= 0.6 is 0 Å². The minimum absolute atomic E-state index is 0.0304. The van der Waals surface area contributed by atoms with Crippen LogP contribution in [0.25, 0.3) is 21.9 Å². The zero-order valence-corrected chi connectivity index (χ0v) is 15.1. The van der Waals surface area contributed by atoms with Crippen LogP contribution in [0.4, 0.5) is 0 Å². The van der Waals surface area contributed by atoms with Gasteiger partial charge in [0.05, 0.1) is 26.9 Å². The van der Waals surface area contributed by atoms with Gasteiger partial charge in [0.25, 0.3) is 0 Å². The van der Waals surface area contributed by atoms with Gasteiger partial charge < -0.3 is 19.3 Å². The largest absolute Gasteiger partial charge is 0.507 e. The van der Waals surface area contributed by atoms with Crippen LogP contribution in [-0.2, 0) is 4.74 Å². The molecule has 0 aromatic heterocycles. The first-order valence-electron chi connectivity index (χ1n) is 8.07. The van der Waals surface area contributed by atoms with Crippen molar-refractivity contribution in [2.75, 3.05) is 21.3 Å². The number of phenolic OH excluding ortho intramolecular Hbond substituents is 1. The monoisotopic (exact) mass is 352 g/mol. The van der Waals surface area contributed by atoms with Crippen molar-refractivity contribution in [2.45, 2.75) is 6.92 Å². The number of hydrogen-bond donors (Lipinski definition) is 1. The molecule has 5 nitrogen and oxygen atoms in total. The smallest absolute Gasteiger partial charge is 0.338 e. The van der Waals surface area contributed by atoms with E-state index in [1.807, 2.05) is 31.2 Å². The number of benzene rings is 3. The molecule has 0 unspecified atom stereocenters. The first-order chi connectivity index (χ1) is 12.5. The molecule has 3 rings (SSSR count). The van der Waals surface area contributed by atoms with E-state index in [-0.39, 0.29) is 11.3 Å². The molecule has 0 heterocycles. The van der Waals surface area contributed by atoms with Crippen molar-refractivity contribution in [2.24, 2.45) is 0 Å². The molecule has 0 aliphatic carbocycles. The van der Waals surface area contributed by atoms with Crippen LogP contribution in [0.1, 0.15) is 15.9 Å². The van der Waals surface area contributed by atoms with Crippen molar-refractivity contribution in [1.29, 1.82) is 0 Å². The topological polar surface area (TPSA) is 65.0 Å². The predicted molar refractivity (Wildman–Crippen MR) is 100 cm³/mol. The Morgan fingerprint density at radius 1 is 0.885 bits per heavy atom. The third kappa shape index (κ3) is 2.92. The molecule has 0 radical (unpaired) electrons. The van der Waals surface area contributed by atoms with Crippen LogP contribution < -0.4 is 9.47 Å². The molecule has 3 aromatic rings. The van der Waals surface area contributed by atoms with E-state index in [4.69, 9.17) is 14.2 Å². The van der Waals surface area contributed by atoms with E-state index in [9.17, 15) is 9.90 Å². The highest BCUT2D eigenvalue weighted by Crippen LogP contribution is 2.43. The number of aromatic hydroxyl groups is 1. The highest BCUT2D eigenvalue weighted by molar-refractivity contribution is 6.11. The Kier molecular flexibility index (Phi) is 4.71. The molecule has 0 aliphatic heterocycles. The Balaban J connectivity index is 2.45. The lowest BCUT2D eigenvalue weighted by atomic mass is 9.91. The molecule has 0 saturated carbocycles. The minimum Gasteiger partial charge on any atom is -0.507 e. The van der Waals surface area contributed by atoms with Crippen LogP contribution in [0.5, 0.6) is 17.2 Å². The standard InChI is InChI=1S/C21H20O5/c1-12-5-7-13(8-6-12)20-15-11-19(25-3)18(24-2)10-14(15)17(22)9-16(20)21(23)26-4/h5-11,22H,1-4H3. The van der Waals surface area contributed by atoms with E-state index in [1.54, 1.807) is 19.2 Å². The van der Waals surface area contributed by atoms with E-state index in [2.05, 4.69) is 0 Å². The summed E-state index contributed by atoms with van der Waals surface area (Å²) in [5.41, 5.74) is 2.91. The molecule has 0 saturated heterocycles. The lowest BCUT2D eigenvalue weighted by Crippen LogP contribution is -2.04. The SMILES string of the molecule is COC(=O)c1cc(O)c2cc(OC)c(OC)cc2c1-c1ccc(C)cc1.